The molecule has 7 nitrogen and oxygen atoms in total. The summed E-state index contributed by atoms with van der Waals surface area (Å²) in [7, 11) is 1.71. The van der Waals surface area contributed by atoms with E-state index < -0.39 is 17.5 Å². The Kier molecular flexibility index (Phi) is 7.50. The van der Waals surface area contributed by atoms with Crippen LogP contribution in [0.5, 0.6) is 0 Å². The van der Waals surface area contributed by atoms with Crippen molar-refractivity contribution in [1.29, 1.82) is 0 Å². The zero-order chi connectivity index (χ0) is 21.1. The normalized spacial score (nSPS) is 29.5. The van der Waals surface area contributed by atoms with Gasteiger partial charge in [-0.2, -0.15) is 5.10 Å². The predicted octanol–water partition coefficient (Wildman–Crippen LogP) is 3.36. The summed E-state index contributed by atoms with van der Waals surface area (Å²) in [5.74, 6) is -0.885. The van der Waals surface area contributed by atoms with Crippen LogP contribution < -0.4 is 0 Å². The minimum absolute atomic E-state index is 0.120. The average molecular weight is 399 g/mol. The Morgan fingerprint density at radius 1 is 1.32 bits per heavy atom. The lowest BCUT2D eigenvalue weighted by molar-refractivity contribution is -0.263. The van der Waals surface area contributed by atoms with Crippen LogP contribution >= 0.6 is 0 Å². The third-order valence-corrected chi connectivity index (χ3v) is 4.78. The van der Waals surface area contributed by atoms with E-state index in [2.05, 4.69) is 18.9 Å². The van der Waals surface area contributed by atoms with Gasteiger partial charge in [-0.1, -0.05) is 13.8 Å². The van der Waals surface area contributed by atoms with Crippen molar-refractivity contribution < 1.29 is 23.7 Å². The first kappa shape index (κ1) is 23.1. The number of ether oxygens (including phenoxy) is 4. The molecule has 0 spiro atoms. The summed E-state index contributed by atoms with van der Waals surface area (Å²) in [6, 6.07) is 0.238. The third kappa shape index (κ3) is 6.42. The van der Waals surface area contributed by atoms with Gasteiger partial charge in [0.05, 0.1) is 24.8 Å². The fraction of sp³-hybridized carbons (Fsp3) is 0.905. The molecule has 0 aromatic heterocycles. The van der Waals surface area contributed by atoms with Gasteiger partial charge in [-0.15, -0.1) is 0 Å². The minimum Gasteiger partial charge on any atom is -0.460 e. The van der Waals surface area contributed by atoms with Crippen LogP contribution in [0.25, 0.3) is 0 Å². The van der Waals surface area contributed by atoms with Gasteiger partial charge in [-0.3, -0.25) is 9.80 Å². The molecule has 0 aliphatic carbocycles. The third-order valence-electron chi connectivity index (χ3n) is 4.78. The Bertz CT molecular complexity index is 568. The predicted molar refractivity (Wildman–Crippen MR) is 108 cm³/mol. The van der Waals surface area contributed by atoms with Crippen molar-refractivity contribution >= 4 is 11.7 Å². The highest BCUT2D eigenvalue weighted by atomic mass is 16.7. The number of hydrogen-bond acceptors (Lipinski definition) is 7. The summed E-state index contributed by atoms with van der Waals surface area (Å²) >= 11 is 0. The second-order valence-corrected chi connectivity index (χ2v) is 9.52. The minimum atomic E-state index is -0.794. The highest BCUT2D eigenvalue weighted by Crippen LogP contribution is 2.32. The van der Waals surface area contributed by atoms with Gasteiger partial charge >= 0.3 is 5.97 Å². The van der Waals surface area contributed by atoms with E-state index in [0.717, 1.165) is 25.1 Å². The molecule has 0 bridgehead atoms. The summed E-state index contributed by atoms with van der Waals surface area (Å²) in [6.07, 6.45) is 1.53. The van der Waals surface area contributed by atoms with Crippen molar-refractivity contribution in [3.8, 4) is 0 Å². The van der Waals surface area contributed by atoms with Gasteiger partial charge in [-0.25, -0.2) is 0 Å². The number of methoxy groups -OCH3 is 1. The first-order valence-corrected chi connectivity index (χ1v) is 10.3. The van der Waals surface area contributed by atoms with Gasteiger partial charge < -0.3 is 18.9 Å². The van der Waals surface area contributed by atoms with E-state index >= 15 is 0 Å². The topological polar surface area (TPSA) is 69.6 Å². The van der Waals surface area contributed by atoms with Crippen molar-refractivity contribution in [2.24, 2.45) is 11.0 Å². The molecule has 2 aliphatic heterocycles. The molecule has 2 heterocycles. The van der Waals surface area contributed by atoms with Crippen LogP contribution in [0.2, 0.25) is 0 Å². The Labute approximate surface area is 169 Å². The first-order valence-electron chi connectivity index (χ1n) is 10.3. The van der Waals surface area contributed by atoms with Crippen LogP contribution in [-0.4, -0.2) is 66.6 Å². The van der Waals surface area contributed by atoms with Gasteiger partial charge in [0.15, 0.2) is 5.79 Å². The van der Waals surface area contributed by atoms with Gasteiger partial charge in [0, 0.05) is 13.7 Å². The van der Waals surface area contributed by atoms with Gasteiger partial charge in [0.1, 0.15) is 17.8 Å². The highest BCUT2D eigenvalue weighted by molar-refractivity contribution is 5.96. The van der Waals surface area contributed by atoms with Crippen molar-refractivity contribution in [3.63, 3.8) is 0 Å². The fourth-order valence-corrected chi connectivity index (χ4v) is 3.72. The smallest absolute Gasteiger partial charge is 0.309 e. The number of carbonyl (C=O) groups excluding carboxylic acids is 1. The van der Waals surface area contributed by atoms with Crippen LogP contribution in [0.3, 0.4) is 0 Å². The lowest BCUT2D eigenvalue weighted by Gasteiger charge is -2.43. The van der Waals surface area contributed by atoms with E-state index in [1.54, 1.807) is 7.11 Å². The molecule has 2 rings (SSSR count). The molecule has 2 saturated heterocycles. The molecule has 2 fully saturated rings. The number of hydrazone groups is 1. The number of rotatable bonds is 6. The van der Waals surface area contributed by atoms with Crippen molar-refractivity contribution in [2.45, 2.75) is 97.4 Å². The zero-order valence-corrected chi connectivity index (χ0v) is 18.8. The number of nitrogens with zero attached hydrogens (tertiary/aromatic N) is 2. The number of carbonyl (C=O) groups is 1. The number of esters is 1. The molecular formula is C21H38N2O5. The van der Waals surface area contributed by atoms with E-state index in [1.165, 1.54) is 0 Å². The fourth-order valence-electron chi connectivity index (χ4n) is 3.72. The van der Waals surface area contributed by atoms with Gasteiger partial charge in [0.2, 0.25) is 0 Å². The molecule has 0 saturated carbocycles. The molecule has 0 aromatic rings. The molecule has 2 aliphatic rings. The van der Waals surface area contributed by atoms with E-state index in [1.807, 2.05) is 34.6 Å². The summed E-state index contributed by atoms with van der Waals surface area (Å²) < 4.78 is 23.2. The Hall–Kier alpha value is -1.18. The molecule has 162 valence electrons. The average Bonchev–Trinajstić information content (AvgIpc) is 2.94. The molecule has 28 heavy (non-hydrogen) atoms. The maximum Gasteiger partial charge on any atom is 0.309 e. The van der Waals surface area contributed by atoms with E-state index in [-0.39, 0.29) is 30.5 Å². The van der Waals surface area contributed by atoms with Crippen molar-refractivity contribution in [2.75, 3.05) is 20.3 Å². The van der Waals surface area contributed by atoms with Crippen LogP contribution in [0.15, 0.2) is 5.10 Å². The second-order valence-electron chi connectivity index (χ2n) is 9.52. The lowest BCUT2D eigenvalue weighted by Crippen LogP contribution is -2.55. The second kappa shape index (κ2) is 9.09. The molecule has 0 N–H and O–H groups in total. The SMILES string of the molecule is COC[C@H]1CCCN1/N=C1\[C@@H](CC(=O)OC(C)(C)C)OC(C)(C)O[C@@H]1C(C)C. The molecule has 0 radical (unpaired) electrons. The Balaban J connectivity index is 2.30. The van der Waals surface area contributed by atoms with Crippen LogP contribution in [0.4, 0.5) is 0 Å². The van der Waals surface area contributed by atoms with Crippen LogP contribution in [0.1, 0.15) is 67.7 Å². The molecular weight excluding hydrogens is 360 g/mol. The molecule has 3 atom stereocenters. The highest BCUT2D eigenvalue weighted by Gasteiger charge is 2.44. The summed E-state index contributed by atoms with van der Waals surface area (Å²) in [5, 5.41) is 7.02. The summed E-state index contributed by atoms with van der Waals surface area (Å²) in [4.78, 5) is 12.5. The maximum atomic E-state index is 12.5. The monoisotopic (exact) mass is 398 g/mol. The maximum absolute atomic E-state index is 12.5. The first-order chi connectivity index (χ1) is 12.9. The van der Waals surface area contributed by atoms with E-state index in [4.69, 9.17) is 24.0 Å². The Morgan fingerprint density at radius 2 is 2.00 bits per heavy atom. The largest absolute Gasteiger partial charge is 0.460 e. The van der Waals surface area contributed by atoms with Crippen LogP contribution in [0, 0.1) is 5.92 Å². The molecule has 7 heteroatoms. The van der Waals surface area contributed by atoms with E-state index in [0.29, 0.717) is 6.61 Å². The number of hydrogen-bond donors (Lipinski definition) is 0. The Morgan fingerprint density at radius 3 is 2.57 bits per heavy atom. The van der Waals surface area contributed by atoms with E-state index in [9.17, 15) is 4.79 Å². The standard InChI is InChI=1S/C21H38N2O5/c1-14(2)19-18(22-23-11-9-10-15(23)13-25-8)16(26-21(6,7)28-19)12-17(24)27-20(3,4)5/h14-16,19H,9-13H2,1-8H3/b22-18+/t15-,16-,19-/m1/s1. The molecule has 0 aromatic carbocycles. The van der Waals surface area contributed by atoms with Crippen molar-refractivity contribution in [1.82, 2.24) is 5.01 Å². The van der Waals surface area contributed by atoms with Gasteiger partial charge in [0.25, 0.3) is 0 Å². The summed E-state index contributed by atoms with van der Waals surface area (Å²) in [6.45, 7) is 15.1. The van der Waals surface area contributed by atoms with Crippen LogP contribution in [-0.2, 0) is 23.7 Å². The molecule has 0 unspecified atom stereocenters. The summed E-state index contributed by atoms with van der Waals surface area (Å²) in [5.41, 5.74) is 0.230. The molecule has 0 amide bonds. The van der Waals surface area contributed by atoms with Crippen molar-refractivity contribution in [3.05, 3.63) is 0 Å². The lowest BCUT2D eigenvalue weighted by atomic mass is 9.94. The quantitative estimate of drug-likeness (QED) is 0.639. The van der Waals surface area contributed by atoms with Gasteiger partial charge in [-0.05, 0) is 53.4 Å². The zero-order valence-electron chi connectivity index (χ0n) is 18.8.